The van der Waals surface area contributed by atoms with E-state index in [2.05, 4.69) is 47.0 Å². The third-order valence-corrected chi connectivity index (χ3v) is 4.14. The van der Waals surface area contributed by atoms with E-state index in [1.54, 1.807) is 18.5 Å². The van der Waals surface area contributed by atoms with Crippen LogP contribution in [0.4, 0.5) is 5.69 Å². The Morgan fingerprint density at radius 1 is 1.45 bits per heavy atom. The van der Waals surface area contributed by atoms with Crippen molar-refractivity contribution < 1.29 is 4.79 Å². The van der Waals surface area contributed by atoms with Gasteiger partial charge in [-0.1, -0.05) is 20.8 Å². The first-order valence-corrected chi connectivity index (χ1v) is 7.73. The lowest BCUT2D eigenvalue weighted by atomic mass is 9.76. The van der Waals surface area contributed by atoms with Crippen LogP contribution < -0.4 is 11.1 Å². The van der Waals surface area contributed by atoms with E-state index in [1.807, 2.05) is 0 Å². The van der Waals surface area contributed by atoms with Crippen molar-refractivity contribution in [2.24, 2.45) is 17.1 Å². The van der Waals surface area contributed by atoms with Gasteiger partial charge in [-0.05, 0) is 52.7 Å². The summed E-state index contributed by atoms with van der Waals surface area (Å²) in [7, 11) is 0. The van der Waals surface area contributed by atoms with Crippen LogP contribution in [0.5, 0.6) is 0 Å². The number of rotatable bonds is 6. The predicted molar refractivity (Wildman–Crippen MR) is 86.4 cm³/mol. The highest BCUT2D eigenvalue weighted by molar-refractivity contribution is 9.10. The molecule has 1 unspecified atom stereocenters. The van der Waals surface area contributed by atoms with Crippen molar-refractivity contribution >= 4 is 27.5 Å². The van der Waals surface area contributed by atoms with Gasteiger partial charge >= 0.3 is 0 Å². The summed E-state index contributed by atoms with van der Waals surface area (Å²) < 4.78 is 0.794. The Bertz CT molecular complexity index is 443. The van der Waals surface area contributed by atoms with E-state index < -0.39 is 0 Å². The summed E-state index contributed by atoms with van der Waals surface area (Å²) in [6, 6.07) is 1.78. The third-order valence-electron chi connectivity index (χ3n) is 3.51. The first-order valence-electron chi connectivity index (χ1n) is 6.94. The van der Waals surface area contributed by atoms with Gasteiger partial charge in [0.15, 0.2) is 0 Å². The molecule has 0 saturated carbocycles. The highest BCUT2D eigenvalue weighted by Crippen LogP contribution is 2.32. The predicted octanol–water partition coefficient (Wildman–Crippen LogP) is 3.57. The zero-order chi connectivity index (χ0) is 15.2. The fraction of sp³-hybridized carbons (Fsp3) is 0.600. The van der Waals surface area contributed by atoms with E-state index in [-0.39, 0.29) is 11.3 Å². The second-order valence-corrected chi connectivity index (χ2v) is 6.94. The molecule has 1 aromatic rings. The lowest BCUT2D eigenvalue weighted by molar-refractivity contribution is -0.116. The molecule has 0 aromatic carbocycles. The Balaban J connectivity index is 2.52. The number of nitrogens with zero attached hydrogens (tertiary/aromatic N) is 1. The van der Waals surface area contributed by atoms with Crippen molar-refractivity contribution in [2.75, 3.05) is 11.9 Å². The van der Waals surface area contributed by atoms with Gasteiger partial charge in [0, 0.05) is 18.8 Å². The third kappa shape index (κ3) is 5.59. The van der Waals surface area contributed by atoms with Gasteiger partial charge in [-0.3, -0.25) is 9.78 Å². The van der Waals surface area contributed by atoms with E-state index in [4.69, 9.17) is 5.73 Å². The number of halogens is 1. The van der Waals surface area contributed by atoms with Crippen LogP contribution in [-0.4, -0.2) is 17.4 Å². The molecular weight excluding hydrogens is 318 g/mol. The summed E-state index contributed by atoms with van der Waals surface area (Å²) in [6.07, 6.45) is 5.65. The van der Waals surface area contributed by atoms with Crippen LogP contribution in [0.25, 0.3) is 0 Å². The topological polar surface area (TPSA) is 68.0 Å². The average Bonchev–Trinajstić information content (AvgIpc) is 2.36. The standard InChI is InChI=1S/C15H24BrN3O/c1-15(2,3)11(6-8-17)4-5-14(20)19-13-7-9-18-10-12(13)16/h7,9-11H,4-6,8,17H2,1-3H3,(H,18,19,20). The molecule has 4 nitrogen and oxygen atoms in total. The minimum absolute atomic E-state index is 0.0307. The molecule has 112 valence electrons. The summed E-state index contributed by atoms with van der Waals surface area (Å²) in [5, 5.41) is 2.90. The van der Waals surface area contributed by atoms with Gasteiger partial charge in [-0.15, -0.1) is 0 Å². The molecule has 3 N–H and O–H groups in total. The van der Waals surface area contributed by atoms with Gasteiger partial charge in [0.05, 0.1) is 10.2 Å². The van der Waals surface area contributed by atoms with Crippen molar-refractivity contribution in [1.29, 1.82) is 0 Å². The summed E-state index contributed by atoms with van der Waals surface area (Å²) in [5.74, 6) is 0.488. The number of hydrogen-bond acceptors (Lipinski definition) is 3. The lowest BCUT2D eigenvalue weighted by Crippen LogP contribution is -2.25. The summed E-state index contributed by atoms with van der Waals surface area (Å²) in [6.45, 7) is 7.26. The normalized spacial score (nSPS) is 13.1. The molecule has 0 aliphatic heterocycles. The number of pyridine rings is 1. The van der Waals surface area contributed by atoms with Crippen molar-refractivity contribution in [3.8, 4) is 0 Å². The maximum Gasteiger partial charge on any atom is 0.224 e. The Morgan fingerprint density at radius 3 is 2.70 bits per heavy atom. The molecular formula is C15H24BrN3O. The molecule has 0 radical (unpaired) electrons. The quantitative estimate of drug-likeness (QED) is 0.830. The number of carbonyl (C=O) groups excluding carboxylic acids is 1. The zero-order valence-electron chi connectivity index (χ0n) is 12.4. The molecule has 1 aromatic heterocycles. The molecule has 1 atom stereocenters. The molecule has 20 heavy (non-hydrogen) atoms. The van der Waals surface area contributed by atoms with E-state index in [0.29, 0.717) is 18.9 Å². The number of carbonyl (C=O) groups is 1. The van der Waals surface area contributed by atoms with Crippen molar-refractivity contribution in [3.63, 3.8) is 0 Å². The Kier molecular flexibility index (Phi) is 6.62. The van der Waals surface area contributed by atoms with E-state index >= 15 is 0 Å². The van der Waals surface area contributed by atoms with Gasteiger partial charge in [0.25, 0.3) is 0 Å². The largest absolute Gasteiger partial charge is 0.330 e. The summed E-state index contributed by atoms with van der Waals surface area (Å²) >= 11 is 3.37. The number of anilines is 1. The maximum absolute atomic E-state index is 12.0. The number of nitrogens with two attached hydrogens (primary N) is 1. The number of nitrogens with one attached hydrogen (secondary N) is 1. The second kappa shape index (κ2) is 7.74. The SMILES string of the molecule is CC(C)(C)C(CCN)CCC(=O)Nc1ccncc1Br. The molecule has 5 heteroatoms. The fourth-order valence-corrected chi connectivity index (χ4v) is 2.56. The molecule has 1 heterocycles. The van der Waals surface area contributed by atoms with Crippen LogP contribution in [0.1, 0.15) is 40.0 Å². The highest BCUT2D eigenvalue weighted by Gasteiger charge is 2.24. The van der Waals surface area contributed by atoms with Crippen LogP contribution >= 0.6 is 15.9 Å². The lowest BCUT2D eigenvalue weighted by Gasteiger charge is -2.30. The van der Waals surface area contributed by atoms with Gasteiger partial charge in [0.1, 0.15) is 0 Å². The molecule has 1 rings (SSSR count). The average molecular weight is 342 g/mol. The zero-order valence-corrected chi connectivity index (χ0v) is 14.0. The van der Waals surface area contributed by atoms with E-state index in [0.717, 1.165) is 23.0 Å². The van der Waals surface area contributed by atoms with E-state index in [9.17, 15) is 4.79 Å². The van der Waals surface area contributed by atoms with Crippen molar-refractivity contribution in [1.82, 2.24) is 4.98 Å². The second-order valence-electron chi connectivity index (χ2n) is 6.08. The molecule has 0 saturated heterocycles. The first kappa shape index (κ1) is 17.1. The van der Waals surface area contributed by atoms with Crippen molar-refractivity contribution in [3.05, 3.63) is 22.9 Å². The Labute approximate surface area is 129 Å². The Hall–Kier alpha value is -0.940. The van der Waals surface area contributed by atoms with Gasteiger partial charge in [-0.2, -0.15) is 0 Å². The molecule has 0 aliphatic carbocycles. The van der Waals surface area contributed by atoms with Gasteiger partial charge in [-0.25, -0.2) is 0 Å². The summed E-state index contributed by atoms with van der Waals surface area (Å²) in [5.41, 5.74) is 6.60. The van der Waals surface area contributed by atoms with Crippen LogP contribution in [0, 0.1) is 11.3 Å². The number of hydrogen-bond donors (Lipinski definition) is 2. The number of amides is 1. The minimum Gasteiger partial charge on any atom is -0.330 e. The summed E-state index contributed by atoms with van der Waals surface area (Å²) in [4.78, 5) is 16.0. The maximum atomic E-state index is 12.0. The molecule has 0 aliphatic rings. The van der Waals surface area contributed by atoms with Crippen LogP contribution in [0.2, 0.25) is 0 Å². The first-order chi connectivity index (χ1) is 9.34. The van der Waals surface area contributed by atoms with Gasteiger partial charge < -0.3 is 11.1 Å². The molecule has 0 spiro atoms. The van der Waals surface area contributed by atoms with Crippen LogP contribution in [-0.2, 0) is 4.79 Å². The molecule has 0 bridgehead atoms. The molecule has 1 amide bonds. The minimum atomic E-state index is 0.0307. The van der Waals surface area contributed by atoms with Gasteiger partial charge in [0.2, 0.25) is 5.91 Å². The highest BCUT2D eigenvalue weighted by atomic mass is 79.9. The smallest absolute Gasteiger partial charge is 0.224 e. The number of aromatic nitrogens is 1. The molecule has 0 fully saturated rings. The van der Waals surface area contributed by atoms with Crippen LogP contribution in [0.3, 0.4) is 0 Å². The van der Waals surface area contributed by atoms with E-state index in [1.165, 1.54) is 0 Å². The Morgan fingerprint density at radius 2 is 2.15 bits per heavy atom. The fourth-order valence-electron chi connectivity index (χ4n) is 2.21. The van der Waals surface area contributed by atoms with Crippen molar-refractivity contribution in [2.45, 2.75) is 40.0 Å². The van der Waals surface area contributed by atoms with Crippen LogP contribution in [0.15, 0.2) is 22.9 Å². The monoisotopic (exact) mass is 341 g/mol.